The number of hydrogen-bond acceptors (Lipinski definition) is 3. The van der Waals surface area contributed by atoms with Crippen molar-refractivity contribution in [1.29, 1.82) is 0 Å². The number of carbonyl (C=O) groups is 2. The van der Waals surface area contributed by atoms with Gasteiger partial charge in [-0.2, -0.15) is 0 Å². The van der Waals surface area contributed by atoms with Crippen LogP contribution in [0.15, 0.2) is 66.7 Å². The van der Waals surface area contributed by atoms with Gasteiger partial charge in [0.2, 0.25) is 0 Å². The molecule has 3 nitrogen and oxygen atoms in total. The van der Waals surface area contributed by atoms with Gasteiger partial charge in [-0.25, -0.2) is 0 Å². The largest absolute Gasteiger partial charge is 0.378 e. The second-order valence-corrected chi connectivity index (χ2v) is 6.62. The van der Waals surface area contributed by atoms with E-state index >= 15 is 0 Å². The van der Waals surface area contributed by atoms with Crippen molar-refractivity contribution in [3.05, 3.63) is 100 Å². The Labute approximate surface area is 158 Å². The molecule has 130 valence electrons. The summed E-state index contributed by atoms with van der Waals surface area (Å²) in [6.45, 7) is 0. The van der Waals surface area contributed by atoms with Crippen molar-refractivity contribution >= 4 is 17.3 Å². The van der Waals surface area contributed by atoms with Crippen molar-refractivity contribution in [3.8, 4) is 11.8 Å². The zero-order valence-electron chi connectivity index (χ0n) is 15.1. The van der Waals surface area contributed by atoms with Crippen LogP contribution in [0.2, 0.25) is 0 Å². The minimum absolute atomic E-state index is 0.126. The molecule has 1 aliphatic carbocycles. The van der Waals surface area contributed by atoms with Gasteiger partial charge in [0.15, 0.2) is 11.6 Å². The van der Waals surface area contributed by atoms with E-state index in [0.717, 1.165) is 11.3 Å². The van der Waals surface area contributed by atoms with E-state index in [9.17, 15) is 9.59 Å². The zero-order chi connectivity index (χ0) is 19.0. The van der Waals surface area contributed by atoms with Crippen molar-refractivity contribution in [2.75, 3.05) is 19.0 Å². The maximum absolute atomic E-state index is 13.0. The first kappa shape index (κ1) is 16.8. The number of benzene rings is 3. The van der Waals surface area contributed by atoms with E-state index in [1.165, 1.54) is 0 Å². The Hall–Kier alpha value is -3.64. The lowest BCUT2D eigenvalue weighted by atomic mass is 9.82. The van der Waals surface area contributed by atoms with Crippen LogP contribution in [0, 0.1) is 11.8 Å². The maximum Gasteiger partial charge on any atom is 0.195 e. The van der Waals surface area contributed by atoms with Gasteiger partial charge >= 0.3 is 0 Å². The molecule has 0 spiro atoms. The summed E-state index contributed by atoms with van der Waals surface area (Å²) in [5.41, 5.74) is 4.26. The SMILES string of the molecule is CN(C)c1ccc(C#Cc2cccc3c2C(=O)c2ccccc2C3=O)cc1. The molecule has 0 saturated heterocycles. The van der Waals surface area contributed by atoms with E-state index in [2.05, 4.69) is 11.8 Å². The van der Waals surface area contributed by atoms with Crippen LogP contribution >= 0.6 is 0 Å². The highest BCUT2D eigenvalue weighted by atomic mass is 16.1. The molecular weight excluding hydrogens is 334 g/mol. The number of rotatable bonds is 1. The Kier molecular flexibility index (Phi) is 4.10. The van der Waals surface area contributed by atoms with Crippen LogP contribution in [-0.2, 0) is 0 Å². The monoisotopic (exact) mass is 351 g/mol. The fourth-order valence-electron chi connectivity index (χ4n) is 3.23. The third-order valence-corrected chi connectivity index (χ3v) is 4.68. The number of nitrogens with zero attached hydrogens (tertiary/aromatic N) is 1. The number of fused-ring (bicyclic) bond motifs is 2. The highest BCUT2D eigenvalue weighted by Gasteiger charge is 2.30. The molecule has 0 radical (unpaired) electrons. The van der Waals surface area contributed by atoms with E-state index in [1.807, 2.05) is 43.3 Å². The van der Waals surface area contributed by atoms with Crippen molar-refractivity contribution in [2.24, 2.45) is 0 Å². The number of carbonyl (C=O) groups excluding carboxylic acids is 2. The maximum atomic E-state index is 13.0. The molecule has 0 amide bonds. The molecule has 3 aromatic rings. The van der Waals surface area contributed by atoms with Gasteiger partial charge in [0.25, 0.3) is 0 Å². The summed E-state index contributed by atoms with van der Waals surface area (Å²) in [6, 6.07) is 20.1. The van der Waals surface area contributed by atoms with Crippen LogP contribution < -0.4 is 4.90 Å². The van der Waals surface area contributed by atoms with E-state index in [0.29, 0.717) is 27.8 Å². The summed E-state index contributed by atoms with van der Waals surface area (Å²) in [5, 5.41) is 0. The molecule has 27 heavy (non-hydrogen) atoms. The fourth-order valence-corrected chi connectivity index (χ4v) is 3.23. The Bertz CT molecular complexity index is 1130. The second kappa shape index (κ2) is 6.59. The van der Waals surface area contributed by atoms with E-state index < -0.39 is 0 Å². The molecule has 0 aromatic heterocycles. The summed E-state index contributed by atoms with van der Waals surface area (Å²) < 4.78 is 0. The van der Waals surface area contributed by atoms with Crippen molar-refractivity contribution in [2.45, 2.75) is 0 Å². The first-order valence-electron chi connectivity index (χ1n) is 8.67. The molecule has 0 saturated carbocycles. The first-order valence-corrected chi connectivity index (χ1v) is 8.67. The van der Waals surface area contributed by atoms with Gasteiger partial charge in [0, 0.05) is 53.2 Å². The Balaban J connectivity index is 1.77. The Morgan fingerprint density at radius 3 is 1.96 bits per heavy atom. The third-order valence-electron chi connectivity index (χ3n) is 4.68. The molecule has 0 bridgehead atoms. The number of ketones is 2. The normalized spacial score (nSPS) is 11.9. The van der Waals surface area contributed by atoms with Crippen LogP contribution in [0.1, 0.15) is 43.0 Å². The summed E-state index contributed by atoms with van der Waals surface area (Å²) in [7, 11) is 3.97. The molecule has 0 heterocycles. The lowest BCUT2D eigenvalue weighted by molar-refractivity contribution is 0.0979. The zero-order valence-corrected chi connectivity index (χ0v) is 15.1. The number of hydrogen-bond donors (Lipinski definition) is 0. The second-order valence-electron chi connectivity index (χ2n) is 6.62. The van der Waals surface area contributed by atoms with E-state index in [1.54, 1.807) is 42.5 Å². The third kappa shape index (κ3) is 2.92. The molecule has 0 fully saturated rings. The quantitative estimate of drug-likeness (QED) is 0.488. The smallest absolute Gasteiger partial charge is 0.195 e. The molecular formula is C24H17NO2. The molecule has 4 rings (SSSR count). The van der Waals surface area contributed by atoms with Gasteiger partial charge in [-0.05, 0) is 30.3 Å². The first-order chi connectivity index (χ1) is 13.1. The van der Waals surface area contributed by atoms with E-state index in [4.69, 9.17) is 0 Å². The summed E-state index contributed by atoms with van der Waals surface area (Å²) >= 11 is 0. The van der Waals surface area contributed by atoms with Crippen LogP contribution in [0.4, 0.5) is 5.69 Å². The van der Waals surface area contributed by atoms with Crippen LogP contribution in [-0.4, -0.2) is 25.7 Å². The molecule has 0 N–H and O–H groups in total. The van der Waals surface area contributed by atoms with Crippen molar-refractivity contribution in [3.63, 3.8) is 0 Å². The summed E-state index contributed by atoms with van der Waals surface area (Å²) in [4.78, 5) is 27.8. The minimum atomic E-state index is -0.145. The van der Waals surface area contributed by atoms with Gasteiger partial charge in [0.1, 0.15) is 0 Å². The van der Waals surface area contributed by atoms with Crippen LogP contribution in [0.5, 0.6) is 0 Å². The lowest BCUT2D eigenvalue weighted by Crippen LogP contribution is -2.21. The minimum Gasteiger partial charge on any atom is -0.378 e. The molecule has 1 aliphatic rings. The number of anilines is 1. The predicted octanol–water partition coefficient (Wildman–Crippen LogP) is 3.93. The highest BCUT2D eigenvalue weighted by molar-refractivity contribution is 6.29. The van der Waals surface area contributed by atoms with Gasteiger partial charge in [-0.15, -0.1) is 0 Å². The molecule has 3 aromatic carbocycles. The Morgan fingerprint density at radius 2 is 1.30 bits per heavy atom. The van der Waals surface area contributed by atoms with Crippen LogP contribution in [0.25, 0.3) is 0 Å². The molecule has 3 heteroatoms. The molecule has 0 unspecified atom stereocenters. The van der Waals surface area contributed by atoms with E-state index in [-0.39, 0.29) is 11.6 Å². The average Bonchev–Trinajstić information content (AvgIpc) is 2.70. The molecule has 0 atom stereocenters. The fraction of sp³-hybridized carbons (Fsp3) is 0.0833. The van der Waals surface area contributed by atoms with Crippen LogP contribution in [0.3, 0.4) is 0 Å². The predicted molar refractivity (Wildman–Crippen MR) is 106 cm³/mol. The van der Waals surface area contributed by atoms with Gasteiger partial charge in [-0.3, -0.25) is 9.59 Å². The van der Waals surface area contributed by atoms with Crippen molar-refractivity contribution < 1.29 is 9.59 Å². The standard InChI is InChI=1S/C24H17NO2/c1-25(2)18-14-11-16(12-15-18)10-13-17-6-5-9-21-22(17)24(27)20-8-4-3-7-19(20)23(21)26/h3-9,11-12,14-15H,1-2H3. The lowest BCUT2D eigenvalue weighted by Gasteiger charge is -2.18. The summed E-state index contributed by atoms with van der Waals surface area (Å²) in [6.07, 6.45) is 0. The Morgan fingerprint density at radius 1 is 0.667 bits per heavy atom. The van der Waals surface area contributed by atoms with Gasteiger partial charge in [0.05, 0.1) is 0 Å². The summed E-state index contributed by atoms with van der Waals surface area (Å²) in [5.74, 6) is 5.92. The molecule has 0 aliphatic heterocycles. The highest BCUT2D eigenvalue weighted by Crippen LogP contribution is 2.29. The van der Waals surface area contributed by atoms with Gasteiger partial charge in [-0.1, -0.05) is 48.2 Å². The van der Waals surface area contributed by atoms with Gasteiger partial charge < -0.3 is 4.90 Å². The topological polar surface area (TPSA) is 37.4 Å². The van der Waals surface area contributed by atoms with Crippen molar-refractivity contribution in [1.82, 2.24) is 0 Å². The average molecular weight is 351 g/mol.